The zero-order valence-electron chi connectivity index (χ0n) is 18.2. The molecule has 8 heteroatoms. The van der Waals surface area contributed by atoms with Crippen LogP contribution in [0.1, 0.15) is 59.3 Å². The van der Waals surface area contributed by atoms with Crippen LogP contribution in [0, 0.1) is 22.7 Å². The Kier molecular flexibility index (Phi) is 5.04. The highest BCUT2D eigenvalue weighted by Crippen LogP contribution is 2.70. The monoisotopic (exact) mass is 438 g/mol. The van der Waals surface area contributed by atoms with Crippen LogP contribution in [-0.2, 0) is 19.1 Å². The topological polar surface area (TPSA) is 121 Å². The number of carbonyl (C=O) groups excluding carboxylic acids is 3. The van der Waals surface area contributed by atoms with E-state index < -0.39 is 64.5 Å². The standard InChI is InChI=1S/C23H31FO7/c1-12(25)31-11-19(29)23(30)17(27)9-16-15-5-4-13-8-14(26)6-7-20(13,2)22(15,24)18(28)10-21(16,23)3/h8,15-18,27-28,30H,4-7,9-11H2,1-3H3/t15-,16-,17+,18-,20-,21-,22-,23-/m0/s1. The Bertz CT molecular complexity index is 870. The number of ether oxygens (including phenoxy) is 1. The molecule has 3 N–H and O–H groups in total. The van der Waals surface area contributed by atoms with Crippen molar-refractivity contribution in [3.8, 4) is 0 Å². The zero-order chi connectivity index (χ0) is 23.0. The van der Waals surface area contributed by atoms with Crippen molar-refractivity contribution < 1.29 is 38.8 Å². The van der Waals surface area contributed by atoms with Gasteiger partial charge >= 0.3 is 5.97 Å². The predicted octanol–water partition coefficient (Wildman–Crippen LogP) is 1.42. The predicted molar refractivity (Wildman–Crippen MR) is 106 cm³/mol. The van der Waals surface area contributed by atoms with E-state index in [2.05, 4.69) is 0 Å². The van der Waals surface area contributed by atoms with Crippen LogP contribution in [0.15, 0.2) is 11.6 Å². The van der Waals surface area contributed by atoms with Crippen LogP contribution in [0.3, 0.4) is 0 Å². The number of rotatable bonds is 3. The fourth-order valence-corrected chi connectivity index (χ4v) is 7.37. The lowest BCUT2D eigenvalue weighted by atomic mass is 9.44. The maximum absolute atomic E-state index is 17.0. The van der Waals surface area contributed by atoms with Crippen LogP contribution in [0.4, 0.5) is 4.39 Å². The summed E-state index contributed by atoms with van der Waals surface area (Å²) in [5, 5.41) is 33.4. The van der Waals surface area contributed by atoms with Gasteiger partial charge in [0.05, 0.1) is 12.2 Å². The Hall–Kier alpha value is -1.64. The SMILES string of the molecule is CC(=O)OCC(=O)[C@@]1(O)[C@H](O)C[C@H]2[C@@H]3CCC4=CC(=O)CC[C@]4(C)[C@@]3(F)[C@@H](O)C[C@@]21C. The number of ketones is 2. The van der Waals surface area contributed by atoms with E-state index in [1.165, 1.54) is 6.08 Å². The van der Waals surface area contributed by atoms with E-state index in [-0.39, 0.29) is 25.0 Å². The number of aliphatic hydroxyl groups excluding tert-OH is 2. The molecule has 0 saturated heterocycles. The molecule has 3 saturated carbocycles. The van der Waals surface area contributed by atoms with Crippen molar-refractivity contribution in [3.63, 3.8) is 0 Å². The molecule has 4 rings (SSSR count). The lowest BCUT2D eigenvalue weighted by Crippen LogP contribution is -2.70. The third kappa shape index (κ3) is 2.70. The fraction of sp³-hybridized carbons (Fsp3) is 0.783. The van der Waals surface area contributed by atoms with Crippen molar-refractivity contribution >= 4 is 17.5 Å². The smallest absolute Gasteiger partial charge is 0.303 e. The summed E-state index contributed by atoms with van der Waals surface area (Å²) in [6.07, 6.45) is -0.293. The van der Waals surface area contributed by atoms with E-state index in [0.717, 1.165) is 6.92 Å². The Morgan fingerprint density at radius 1 is 1.19 bits per heavy atom. The second kappa shape index (κ2) is 6.93. The minimum Gasteiger partial charge on any atom is -0.458 e. The van der Waals surface area contributed by atoms with Gasteiger partial charge in [0, 0.05) is 30.1 Å². The molecular formula is C23H31FO7. The van der Waals surface area contributed by atoms with E-state index in [9.17, 15) is 29.7 Å². The molecule has 0 heterocycles. The summed E-state index contributed by atoms with van der Waals surface area (Å²) >= 11 is 0. The van der Waals surface area contributed by atoms with Crippen LogP contribution in [0.2, 0.25) is 0 Å². The number of esters is 1. The average molecular weight is 438 g/mol. The van der Waals surface area contributed by atoms with Crippen molar-refractivity contribution in [2.24, 2.45) is 22.7 Å². The minimum atomic E-state index is -2.25. The van der Waals surface area contributed by atoms with Gasteiger partial charge in [-0.1, -0.05) is 19.4 Å². The highest BCUT2D eigenvalue weighted by atomic mass is 19.1. The second-order valence-electron chi connectivity index (χ2n) is 10.3. The summed E-state index contributed by atoms with van der Waals surface area (Å²) in [6, 6.07) is 0. The van der Waals surface area contributed by atoms with Gasteiger partial charge < -0.3 is 20.1 Å². The van der Waals surface area contributed by atoms with E-state index in [4.69, 9.17) is 4.74 Å². The second-order valence-corrected chi connectivity index (χ2v) is 10.3. The number of Topliss-reactive ketones (excluding diaryl/α,β-unsaturated/α-hetero) is 1. The van der Waals surface area contributed by atoms with E-state index in [1.54, 1.807) is 13.8 Å². The van der Waals surface area contributed by atoms with Gasteiger partial charge in [-0.2, -0.15) is 0 Å². The van der Waals surface area contributed by atoms with Crippen LogP contribution >= 0.6 is 0 Å². The molecular weight excluding hydrogens is 407 g/mol. The number of allylic oxidation sites excluding steroid dienone is 1. The fourth-order valence-electron chi connectivity index (χ4n) is 7.37. The molecule has 172 valence electrons. The van der Waals surface area contributed by atoms with Gasteiger partial charge in [-0.15, -0.1) is 0 Å². The number of alkyl halides is 1. The molecule has 4 aliphatic carbocycles. The van der Waals surface area contributed by atoms with Crippen molar-refractivity contribution in [2.75, 3.05) is 6.61 Å². The van der Waals surface area contributed by atoms with Crippen LogP contribution in [0.25, 0.3) is 0 Å². The Labute approximate surface area is 180 Å². The van der Waals surface area contributed by atoms with Gasteiger partial charge in [-0.25, -0.2) is 4.39 Å². The first-order chi connectivity index (χ1) is 14.3. The Balaban J connectivity index is 1.75. The maximum atomic E-state index is 17.0. The van der Waals surface area contributed by atoms with Gasteiger partial charge in [0.2, 0.25) is 5.78 Å². The molecule has 0 aliphatic heterocycles. The number of hydrogen-bond donors (Lipinski definition) is 3. The summed E-state index contributed by atoms with van der Waals surface area (Å²) in [6.45, 7) is 3.81. The molecule has 0 aromatic rings. The Morgan fingerprint density at radius 2 is 1.87 bits per heavy atom. The van der Waals surface area contributed by atoms with Gasteiger partial charge in [0.15, 0.2) is 18.0 Å². The number of halogens is 1. The number of hydrogen-bond acceptors (Lipinski definition) is 7. The van der Waals surface area contributed by atoms with Gasteiger partial charge in [0.25, 0.3) is 0 Å². The normalized spacial score (nSPS) is 48.9. The average Bonchev–Trinajstić information content (AvgIpc) is 2.89. The van der Waals surface area contributed by atoms with Crippen LogP contribution in [-0.4, -0.2) is 62.9 Å². The molecule has 0 bridgehead atoms. The summed E-state index contributed by atoms with van der Waals surface area (Å²) in [7, 11) is 0. The molecule has 7 nitrogen and oxygen atoms in total. The Morgan fingerprint density at radius 3 is 2.52 bits per heavy atom. The first-order valence-electron chi connectivity index (χ1n) is 11.0. The van der Waals surface area contributed by atoms with Gasteiger partial charge in [-0.05, 0) is 44.1 Å². The van der Waals surface area contributed by atoms with Crippen molar-refractivity contribution in [2.45, 2.75) is 82.8 Å². The molecule has 0 aromatic heterocycles. The highest BCUT2D eigenvalue weighted by molar-refractivity contribution is 5.92. The number of carbonyl (C=O) groups is 3. The number of aliphatic hydroxyl groups is 3. The molecule has 8 atom stereocenters. The molecule has 31 heavy (non-hydrogen) atoms. The molecule has 0 aromatic carbocycles. The van der Waals surface area contributed by atoms with Gasteiger partial charge in [-0.3, -0.25) is 14.4 Å². The third-order valence-corrected chi connectivity index (χ3v) is 9.09. The summed E-state index contributed by atoms with van der Waals surface area (Å²) in [5.74, 6) is -2.82. The summed E-state index contributed by atoms with van der Waals surface area (Å²) in [4.78, 5) is 36.0. The molecule has 3 fully saturated rings. The maximum Gasteiger partial charge on any atom is 0.303 e. The molecule has 0 radical (unpaired) electrons. The zero-order valence-corrected chi connectivity index (χ0v) is 18.2. The summed E-state index contributed by atoms with van der Waals surface area (Å²) in [5.41, 5.74) is -5.88. The minimum absolute atomic E-state index is 0.00985. The van der Waals surface area contributed by atoms with Crippen LogP contribution in [0.5, 0.6) is 0 Å². The lowest BCUT2D eigenvalue weighted by Gasteiger charge is -2.63. The van der Waals surface area contributed by atoms with Gasteiger partial charge in [0.1, 0.15) is 5.67 Å². The first kappa shape index (κ1) is 22.6. The summed E-state index contributed by atoms with van der Waals surface area (Å²) < 4.78 is 21.7. The van der Waals surface area contributed by atoms with Crippen molar-refractivity contribution in [1.82, 2.24) is 0 Å². The van der Waals surface area contributed by atoms with E-state index >= 15 is 4.39 Å². The molecule has 4 aliphatic rings. The van der Waals surface area contributed by atoms with E-state index in [1.807, 2.05) is 0 Å². The number of fused-ring (bicyclic) bond motifs is 5. The lowest BCUT2D eigenvalue weighted by molar-refractivity contribution is -0.230. The van der Waals surface area contributed by atoms with Crippen LogP contribution < -0.4 is 0 Å². The highest BCUT2D eigenvalue weighted by Gasteiger charge is 2.76. The van der Waals surface area contributed by atoms with E-state index in [0.29, 0.717) is 24.8 Å². The molecule has 0 unspecified atom stereocenters. The first-order valence-corrected chi connectivity index (χ1v) is 11.0. The third-order valence-electron chi connectivity index (χ3n) is 9.09. The molecule has 0 spiro atoms. The quantitative estimate of drug-likeness (QED) is 0.570. The largest absolute Gasteiger partial charge is 0.458 e. The molecule has 0 amide bonds. The van der Waals surface area contributed by atoms with Crippen molar-refractivity contribution in [1.29, 1.82) is 0 Å². The van der Waals surface area contributed by atoms with Crippen molar-refractivity contribution in [3.05, 3.63) is 11.6 Å².